The van der Waals surface area contributed by atoms with E-state index in [4.69, 9.17) is 4.74 Å². The van der Waals surface area contributed by atoms with E-state index in [0.29, 0.717) is 0 Å². The lowest BCUT2D eigenvalue weighted by molar-refractivity contribution is 0.0510. The number of ether oxygens (including phenoxy) is 1. The highest BCUT2D eigenvalue weighted by atomic mass is 16.5. The molecule has 0 unspecified atom stereocenters. The normalized spacial score (nSPS) is 21.5. The highest BCUT2D eigenvalue weighted by Crippen LogP contribution is 2.36. The van der Waals surface area contributed by atoms with Gasteiger partial charge in [0.15, 0.2) is 5.96 Å². The maximum atomic E-state index is 5.65. The van der Waals surface area contributed by atoms with Gasteiger partial charge < -0.3 is 15.0 Å². The van der Waals surface area contributed by atoms with Gasteiger partial charge in [-0.1, -0.05) is 24.3 Å². The fourth-order valence-corrected chi connectivity index (χ4v) is 3.98. The minimum atomic E-state index is 0.152. The standard InChI is InChI=1S/C19H29N3O/c1-16-7-3-4-8-17(16)19(9-13-23-14-10-19)15-21-18(20-2)22-11-5-6-12-22/h3-4,7-8H,5-6,9-15H2,1-2H3,(H,20,21). The Kier molecular flexibility index (Phi) is 5.21. The Morgan fingerprint density at radius 3 is 2.57 bits per heavy atom. The number of benzene rings is 1. The van der Waals surface area contributed by atoms with Crippen molar-refractivity contribution in [2.75, 3.05) is 39.9 Å². The SMILES string of the molecule is CN=C(NCC1(c2ccccc2C)CCOCC1)N1CCCC1. The zero-order valence-electron chi connectivity index (χ0n) is 14.5. The lowest BCUT2D eigenvalue weighted by Crippen LogP contribution is -2.49. The van der Waals surface area contributed by atoms with Crippen LogP contribution in [0.5, 0.6) is 0 Å². The Morgan fingerprint density at radius 1 is 1.22 bits per heavy atom. The summed E-state index contributed by atoms with van der Waals surface area (Å²) in [7, 11) is 1.89. The second-order valence-electron chi connectivity index (χ2n) is 6.80. The topological polar surface area (TPSA) is 36.9 Å². The first-order valence-corrected chi connectivity index (χ1v) is 8.85. The van der Waals surface area contributed by atoms with E-state index in [-0.39, 0.29) is 5.41 Å². The molecule has 0 radical (unpaired) electrons. The third-order valence-corrected chi connectivity index (χ3v) is 5.37. The van der Waals surface area contributed by atoms with Crippen LogP contribution in [0.4, 0.5) is 0 Å². The summed E-state index contributed by atoms with van der Waals surface area (Å²) in [5.74, 6) is 1.06. The molecule has 2 saturated heterocycles. The summed E-state index contributed by atoms with van der Waals surface area (Å²) in [4.78, 5) is 6.88. The van der Waals surface area contributed by atoms with Crippen molar-refractivity contribution < 1.29 is 4.74 Å². The Balaban J connectivity index is 1.78. The first-order chi connectivity index (χ1) is 11.2. The predicted octanol–water partition coefficient (Wildman–Crippen LogP) is 2.71. The third-order valence-electron chi connectivity index (χ3n) is 5.37. The second-order valence-corrected chi connectivity index (χ2v) is 6.80. The van der Waals surface area contributed by atoms with E-state index in [2.05, 4.69) is 46.4 Å². The molecule has 2 fully saturated rings. The molecular weight excluding hydrogens is 286 g/mol. The zero-order chi connectivity index (χ0) is 16.1. The molecule has 126 valence electrons. The molecule has 0 amide bonds. The summed E-state index contributed by atoms with van der Waals surface area (Å²) >= 11 is 0. The Bertz CT molecular complexity index is 543. The van der Waals surface area contributed by atoms with Gasteiger partial charge >= 0.3 is 0 Å². The molecule has 2 heterocycles. The number of likely N-dealkylation sites (tertiary alicyclic amines) is 1. The van der Waals surface area contributed by atoms with Crippen LogP contribution in [-0.4, -0.2) is 50.8 Å². The molecule has 0 saturated carbocycles. The molecule has 0 bridgehead atoms. The maximum absolute atomic E-state index is 5.65. The summed E-state index contributed by atoms with van der Waals surface area (Å²) < 4.78 is 5.65. The van der Waals surface area contributed by atoms with Crippen molar-refractivity contribution in [1.82, 2.24) is 10.2 Å². The van der Waals surface area contributed by atoms with Crippen LogP contribution in [0, 0.1) is 6.92 Å². The van der Waals surface area contributed by atoms with E-state index in [1.807, 2.05) is 7.05 Å². The van der Waals surface area contributed by atoms with Crippen LogP contribution < -0.4 is 5.32 Å². The van der Waals surface area contributed by atoms with Gasteiger partial charge in [0.05, 0.1) is 0 Å². The lowest BCUT2D eigenvalue weighted by atomic mass is 9.72. The fourth-order valence-electron chi connectivity index (χ4n) is 3.98. The van der Waals surface area contributed by atoms with Gasteiger partial charge in [-0.3, -0.25) is 4.99 Å². The molecule has 23 heavy (non-hydrogen) atoms. The number of aliphatic imine (C=N–C) groups is 1. The predicted molar refractivity (Wildman–Crippen MR) is 95.1 cm³/mol. The van der Waals surface area contributed by atoms with Gasteiger partial charge in [-0.25, -0.2) is 0 Å². The minimum Gasteiger partial charge on any atom is -0.381 e. The minimum absolute atomic E-state index is 0.152. The number of nitrogens with zero attached hydrogens (tertiary/aromatic N) is 2. The molecule has 2 aliphatic rings. The molecule has 3 rings (SSSR count). The van der Waals surface area contributed by atoms with Gasteiger partial charge in [-0.15, -0.1) is 0 Å². The van der Waals surface area contributed by atoms with Crippen LogP contribution in [0.15, 0.2) is 29.3 Å². The summed E-state index contributed by atoms with van der Waals surface area (Å²) in [5, 5.41) is 3.67. The van der Waals surface area contributed by atoms with Crippen molar-refractivity contribution in [3.63, 3.8) is 0 Å². The van der Waals surface area contributed by atoms with Crippen molar-refractivity contribution in [2.45, 2.75) is 38.0 Å². The molecule has 0 aromatic heterocycles. The zero-order valence-corrected chi connectivity index (χ0v) is 14.5. The molecular formula is C19H29N3O. The number of guanidine groups is 1. The number of hydrogen-bond acceptors (Lipinski definition) is 2. The highest BCUT2D eigenvalue weighted by Gasteiger charge is 2.36. The first-order valence-electron chi connectivity index (χ1n) is 8.85. The summed E-state index contributed by atoms with van der Waals surface area (Å²) in [5.41, 5.74) is 3.00. The van der Waals surface area contributed by atoms with Crippen molar-refractivity contribution in [3.8, 4) is 0 Å². The Labute approximate surface area is 139 Å². The van der Waals surface area contributed by atoms with E-state index in [1.54, 1.807) is 0 Å². The molecule has 4 nitrogen and oxygen atoms in total. The van der Waals surface area contributed by atoms with Crippen molar-refractivity contribution >= 4 is 5.96 Å². The Hall–Kier alpha value is -1.55. The highest BCUT2D eigenvalue weighted by molar-refractivity contribution is 5.80. The molecule has 1 N–H and O–H groups in total. The third kappa shape index (κ3) is 3.52. The van der Waals surface area contributed by atoms with E-state index in [1.165, 1.54) is 24.0 Å². The van der Waals surface area contributed by atoms with Crippen LogP contribution >= 0.6 is 0 Å². The molecule has 0 aliphatic carbocycles. The van der Waals surface area contributed by atoms with Gasteiger partial charge in [-0.05, 0) is 43.7 Å². The van der Waals surface area contributed by atoms with E-state index < -0.39 is 0 Å². The number of nitrogens with one attached hydrogen (secondary N) is 1. The van der Waals surface area contributed by atoms with Crippen LogP contribution in [0.25, 0.3) is 0 Å². The smallest absolute Gasteiger partial charge is 0.193 e. The van der Waals surface area contributed by atoms with E-state index >= 15 is 0 Å². The lowest BCUT2D eigenvalue weighted by Gasteiger charge is -2.39. The van der Waals surface area contributed by atoms with Gasteiger partial charge in [0.25, 0.3) is 0 Å². The molecule has 1 aromatic rings. The number of aryl methyl sites for hydroxylation is 1. The van der Waals surface area contributed by atoms with Crippen LogP contribution in [0.1, 0.15) is 36.8 Å². The molecule has 1 aromatic carbocycles. The van der Waals surface area contributed by atoms with Gasteiger partial charge in [0, 0.05) is 45.3 Å². The van der Waals surface area contributed by atoms with Crippen LogP contribution in [0.3, 0.4) is 0 Å². The van der Waals surface area contributed by atoms with E-state index in [0.717, 1.165) is 51.6 Å². The molecule has 0 spiro atoms. The van der Waals surface area contributed by atoms with Crippen LogP contribution in [0.2, 0.25) is 0 Å². The summed E-state index contributed by atoms with van der Waals surface area (Å²) in [6, 6.07) is 8.81. The quantitative estimate of drug-likeness (QED) is 0.688. The molecule has 4 heteroatoms. The summed E-state index contributed by atoms with van der Waals surface area (Å²) in [6.45, 7) is 7.10. The summed E-state index contributed by atoms with van der Waals surface area (Å²) in [6.07, 6.45) is 4.69. The maximum Gasteiger partial charge on any atom is 0.193 e. The number of hydrogen-bond donors (Lipinski definition) is 1. The average molecular weight is 315 g/mol. The van der Waals surface area contributed by atoms with Crippen molar-refractivity contribution in [2.24, 2.45) is 4.99 Å². The fraction of sp³-hybridized carbons (Fsp3) is 0.632. The molecule has 2 aliphatic heterocycles. The monoisotopic (exact) mass is 315 g/mol. The van der Waals surface area contributed by atoms with Gasteiger partial charge in [-0.2, -0.15) is 0 Å². The van der Waals surface area contributed by atoms with Gasteiger partial charge in [0.1, 0.15) is 0 Å². The van der Waals surface area contributed by atoms with Crippen molar-refractivity contribution in [1.29, 1.82) is 0 Å². The van der Waals surface area contributed by atoms with E-state index in [9.17, 15) is 0 Å². The second kappa shape index (κ2) is 7.35. The van der Waals surface area contributed by atoms with Crippen LogP contribution in [-0.2, 0) is 10.2 Å². The largest absolute Gasteiger partial charge is 0.381 e. The number of rotatable bonds is 3. The van der Waals surface area contributed by atoms with Gasteiger partial charge in [0.2, 0.25) is 0 Å². The first kappa shape index (κ1) is 16.3. The Morgan fingerprint density at radius 2 is 1.91 bits per heavy atom. The average Bonchev–Trinajstić information content (AvgIpc) is 3.11. The molecule has 0 atom stereocenters. The van der Waals surface area contributed by atoms with Crippen molar-refractivity contribution in [3.05, 3.63) is 35.4 Å².